The summed E-state index contributed by atoms with van der Waals surface area (Å²) < 4.78 is 5.79. The third-order valence-corrected chi connectivity index (χ3v) is 5.28. The Morgan fingerprint density at radius 3 is 2.61 bits per heavy atom. The zero-order valence-corrected chi connectivity index (χ0v) is 15.1. The van der Waals surface area contributed by atoms with Crippen molar-refractivity contribution in [3.05, 3.63) is 0 Å². The van der Waals surface area contributed by atoms with E-state index in [0.717, 1.165) is 32.4 Å². The molecule has 0 bridgehead atoms. The highest BCUT2D eigenvalue weighted by Gasteiger charge is 2.22. The number of rotatable bonds is 8. The lowest BCUT2D eigenvalue weighted by Gasteiger charge is -2.32. The van der Waals surface area contributed by atoms with Gasteiger partial charge in [0, 0.05) is 32.7 Å². The van der Waals surface area contributed by atoms with Crippen molar-refractivity contribution in [1.82, 2.24) is 15.1 Å². The highest BCUT2D eigenvalue weighted by molar-refractivity contribution is 5.77. The predicted molar refractivity (Wildman–Crippen MR) is 93.6 cm³/mol. The molecule has 2 aliphatic rings. The molecule has 134 valence electrons. The maximum absolute atomic E-state index is 11.8. The van der Waals surface area contributed by atoms with E-state index in [1.54, 1.807) is 0 Å². The van der Waals surface area contributed by atoms with Crippen LogP contribution in [0.4, 0.5) is 0 Å². The van der Waals surface area contributed by atoms with Gasteiger partial charge in [0.25, 0.3) is 0 Å². The average molecular weight is 325 g/mol. The van der Waals surface area contributed by atoms with Crippen LogP contribution in [0.15, 0.2) is 0 Å². The van der Waals surface area contributed by atoms with Gasteiger partial charge >= 0.3 is 0 Å². The summed E-state index contributed by atoms with van der Waals surface area (Å²) in [7, 11) is 2.18. The fourth-order valence-electron chi connectivity index (χ4n) is 3.52. The number of nitrogens with one attached hydrogen (secondary N) is 1. The van der Waals surface area contributed by atoms with Crippen LogP contribution in [-0.4, -0.2) is 74.7 Å². The van der Waals surface area contributed by atoms with Crippen molar-refractivity contribution in [3.63, 3.8) is 0 Å². The smallest absolute Gasteiger partial charge is 0.246 e. The molecule has 23 heavy (non-hydrogen) atoms. The normalized spacial score (nSPS) is 27.0. The van der Waals surface area contributed by atoms with E-state index in [0.29, 0.717) is 5.92 Å². The van der Waals surface area contributed by atoms with Gasteiger partial charge in [-0.1, -0.05) is 19.8 Å². The van der Waals surface area contributed by atoms with E-state index in [2.05, 4.69) is 29.1 Å². The first-order valence-corrected chi connectivity index (χ1v) is 9.44. The summed E-state index contributed by atoms with van der Waals surface area (Å²) in [6.07, 6.45) is 7.39. The van der Waals surface area contributed by atoms with Gasteiger partial charge in [-0.25, -0.2) is 0 Å². The Labute approximate surface area is 141 Å². The van der Waals surface area contributed by atoms with E-state index in [9.17, 15) is 4.79 Å². The monoisotopic (exact) mass is 325 g/mol. The molecule has 0 aromatic rings. The first kappa shape index (κ1) is 18.7. The van der Waals surface area contributed by atoms with Crippen LogP contribution in [0.5, 0.6) is 0 Å². The Morgan fingerprint density at radius 2 is 1.87 bits per heavy atom. The molecule has 5 heteroatoms. The van der Waals surface area contributed by atoms with Crippen molar-refractivity contribution in [2.75, 3.05) is 52.9 Å². The first-order valence-electron chi connectivity index (χ1n) is 9.44. The Bertz CT molecular complexity index is 343. The maximum atomic E-state index is 11.8. The van der Waals surface area contributed by atoms with Crippen molar-refractivity contribution < 1.29 is 9.53 Å². The largest absolute Gasteiger partial charge is 0.368 e. The molecular formula is C18H35N3O2. The second kappa shape index (κ2) is 10.3. The van der Waals surface area contributed by atoms with Gasteiger partial charge in [0.1, 0.15) is 6.61 Å². The van der Waals surface area contributed by atoms with Crippen LogP contribution in [0.1, 0.15) is 45.4 Å². The number of ether oxygens (including phenoxy) is 1. The van der Waals surface area contributed by atoms with Gasteiger partial charge in [0.15, 0.2) is 0 Å². The molecule has 0 spiro atoms. The number of piperazine rings is 1. The Morgan fingerprint density at radius 1 is 1.13 bits per heavy atom. The Kier molecular flexibility index (Phi) is 8.34. The SMILES string of the molecule is C[C@@H]1CCCC[C@@H]1OCC(=O)NCCCCN1CCN(C)CC1. The lowest BCUT2D eigenvalue weighted by Crippen LogP contribution is -2.44. The molecule has 1 saturated carbocycles. The minimum atomic E-state index is 0.0439. The molecule has 1 amide bonds. The topological polar surface area (TPSA) is 44.8 Å². The maximum Gasteiger partial charge on any atom is 0.246 e. The van der Waals surface area contributed by atoms with Crippen LogP contribution >= 0.6 is 0 Å². The highest BCUT2D eigenvalue weighted by Crippen LogP contribution is 2.25. The molecule has 2 atom stereocenters. The fourth-order valence-corrected chi connectivity index (χ4v) is 3.52. The predicted octanol–water partition coefficient (Wildman–Crippen LogP) is 1.73. The number of likely N-dealkylation sites (N-methyl/N-ethyl adjacent to an activating group) is 1. The summed E-state index contributed by atoms with van der Waals surface area (Å²) in [5.41, 5.74) is 0. The van der Waals surface area contributed by atoms with Crippen LogP contribution < -0.4 is 5.32 Å². The van der Waals surface area contributed by atoms with E-state index < -0.39 is 0 Å². The summed E-state index contributed by atoms with van der Waals surface area (Å²) in [5.74, 6) is 0.641. The molecule has 0 unspecified atom stereocenters. The average Bonchev–Trinajstić information content (AvgIpc) is 2.55. The number of nitrogens with zero attached hydrogens (tertiary/aromatic N) is 2. The molecule has 0 radical (unpaired) electrons. The van der Waals surface area contributed by atoms with Crippen molar-refractivity contribution >= 4 is 5.91 Å². The van der Waals surface area contributed by atoms with Gasteiger partial charge in [-0.15, -0.1) is 0 Å². The summed E-state index contributed by atoms with van der Waals surface area (Å²) in [4.78, 5) is 16.7. The standard InChI is InChI=1S/C18H35N3O2/c1-16-7-3-4-8-17(16)23-15-18(22)19-9-5-6-10-21-13-11-20(2)12-14-21/h16-17H,3-15H2,1-2H3,(H,19,22)/t16-,17+/m1/s1. The first-order chi connectivity index (χ1) is 11.1. The van der Waals surface area contributed by atoms with Crippen LogP contribution in [0.2, 0.25) is 0 Å². The summed E-state index contributed by atoms with van der Waals surface area (Å²) in [6, 6.07) is 0. The molecule has 1 aliphatic carbocycles. The molecular weight excluding hydrogens is 290 g/mol. The number of carbonyl (C=O) groups excluding carboxylic acids is 1. The second-order valence-corrected chi connectivity index (χ2v) is 7.31. The van der Waals surface area contributed by atoms with Crippen molar-refractivity contribution in [1.29, 1.82) is 0 Å². The van der Waals surface area contributed by atoms with E-state index >= 15 is 0 Å². The summed E-state index contributed by atoms with van der Waals surface area (Å²) in [6.45, 7) is 9.09. The van der Waals surface area contributed by atoms with Crippen molar-refractivity contribution in [3.8, 4) is 0 Å². The summed E-state index contributed by atoms with van der Waals surface area (Å²) in [5, 5.41) is 2.99. The number of carbonyl (C=O) groups is 1. The van der Waals surface area contributed by atoms with E-state index in [1.807, 2.05) is 0 Å². The Balaban J connectivity index is 1.45. The molecule has 0 aromatic carbocycles. The van der Waals surface area contributed by atoms with Gasteiger partial charge in [0.05, 0.1) is 6.10 Å². The van der Waals surface area contributed by atoms with E-state index in [4.69, 9.17) is 4.74 Å². The third kappa shape index (κ3) is 7.19. The van der Waals surface area contributed by atoms with Crippen LogP contribution in [0.3, 0.4) is 0 Å². The van der Waals surface area contributed by atoms with Gasteiger partial charge in [0.2, 0.25) is 5.91 Å². The van der Waals surface area contributed by atoms with Gasteiger partial charge in [-0.3, -0.25) is 4.79 Å². The molecule has 1 heterocycles. The summed E-state index contributed by atoms with van der Waals surface area (Å²) >= 11 is 0. The van der Waals surface area contributed by atoms with E-state index in [1.165, 1.54) is 45.4 Å². The van der Waals surface area contributed by atoms with Crippen molar-refractivity contribution in [2.24, 2.45) is 5.92 Å². The van der Waals surface area contributed by atoms with Crippen molar-refractivity contribution in [2.45, 2.75) is 51.6 Å². The molecule has 1 N–H and O–H groups in total. The number of amides is 1. The van der Waals surface area contributed by atoms with Gasteiger partial charge in [-0.05, 0) is 45.2 Å². The zero-order chi connectivity index (χ0) is 16.5. The number of hydrogen-bond donors (Lipinski definition) is 1. The van der Waals surface area contributed by atoms with Crippen LogP contribution in [0.25, 0.3) is 0 Å². The second-order valence-electron chi connectivity index (χ2n) is 7.31. The molecule has 5 nitrogen and oxygen atoms in total. The Hall–Kier alpha value is -0.650. The zero-order valence-electron chi connectivity index (χ0n) is 15.1. The molecule has 0 aromatic heterocycles. The quantitative estimate of drug-likeness (QED) is 0.690. The molecule has 1 aliphatic heterocycles. The lowest BCUT2D eigenvalue weighted by molar-refractivity contribution is -0.129. The van der Waals surface area contributed by atoms with E-state index in [-0.39, 0.29) is 18.6 Å². The van der Waals surface area contributed by atoms with Crippen LogP contribution in [0, 0.1) is 5.92 Å². The van der Waals surface area contributed by atoms with Gasteiger partial charge < -0.3 is 19.9 Å². The fraction of sp³-hybridized carbons (Fsp3) is 0.944. The number of unbranched alkanes of at least 4 members (excludes halogenated alkanes) is 1. The third-order valence-electron chi connectivity index (χ3n) is 5.28. The minimum Gasteiger partial charge on any atom is -0.368 e. The highest BCUT2D eigenvalue weighted by atomic mass is 16.5. The van der Waals surface area contributed by atoms with Gasteiger partial charge in [-0.2, -0.15) is 0 Å². The minimum absolute atomic E-state index is 0.0439. The van der Waals surface area contributed by atoms with Crippen LogP contribution in [-0.2, 0) is 9.53 Å². The lowest BCUT2D eigenvalue weighted by atomic mass is 9.88. The molecule has 2 fully saturated rings. The molecule has 2 rings (SSSR count). The molecule has 1 saturated heterocycles. The number of hydrogen-bond acceptors (Lipinski definition) is 4.